The van der Waals surface area contributed by atoms with Crippen LogP contribution in [0.3, 0.4) is 0 Å². The van der Waals surface area contributed by atoms with Gasteiger partial charge in [0.25, 0.3) is 0 Å². The van der Waals surface area contributed by atoms with Crippen LogP contribution in [0.1, 0.15) is 33.1 Å². The second-order valence-electron chi connectivity index (χ2n) is 4.10. The number of rotatable bonds is 7. The van der Waals surface area contributed by atoms with Gasteiger partial charge in [0.05, 0.1) is 12.5 Å². The molecule has 0 aliphatic carbocycles. The van der Waals surface area contributed by atoms with Crippen molar-refractivity contribution in [1.82, 2.24) is 5.32 Å². The van der Waals surface area contributed by atoms with Gasteiger partial charge in [-0.3, -0.25) is 9.59 Å². The number of carbonyl (C=O) groups is 2. The minimum atomic E-state index is -0.818. The van der Waals surface area contributed by atoms with Crippen LogP contribution in [-0.2, 0) is 9.59 Å². The third-order valence-electron chi connectivity index (χ3n) is 2.02. The van der Waals surface area contributed by atoms with Crippen molar-refractivity contribution in [1.29, 1.82) is 0 Å². The van der Waals surface area contributed by atoms with E-state index in [2.05, 4.69) is 19.2 Å². The lowest BCUT2D eigenvalue weighted by molar-refractivity contribution is -0.126. The lowest BCUT2D eigenvalue weighted by atomic mass is 10.1. The molecule has 0 aromatic rings. The van der Waals surface area contributed by atoms with Gasteiger partial charge in [-0.05, 0) is 18.8 Å². The molecule has 0 fully saturated rings. The molecule has 0 aliphatic rings. The summed E-state index contributed by atoms with van der Waals surface area (Å²) < 4.78 is 0. The van der Waals surface area contributed by atoms with Crippen molar-refractivity contribution >= 4 is 11.8 Å². The molecule has 0 saturated heterocycles. The Morgan fingerprint density at radius 1 is 1.33 bits per heavy atom. The van der Waals surface area contributed by atoms with Crippen LogP contribution in [0.15, 0.2) is 0 Å². The molecule has 0 spiro atoms. The summed E-state index contributed by atoms with van der Waals surface area (Å²) in [7, 11) is 0. The summed E-state index contributed by atoms with van der Waals surface area (Å²) >= 11 is 0. The van der Waals surface area contributed by atoms with Gasteiger partial charge >= 0.3 is 0 Å². The molecule has 1 unspecified atom stereocenters. The molecule has 0 radical (unpaired) electrons. The molecule has 0 rings (SSSR count). The van der Waals surface area contributed by atoms with Crippen LogP contribution in [0.5, 0.6) is 0 Å². The van der Waals surface area contributed by atoms with Crippen LogP contribution < -0.4 is 16.8 Å². The second kappa shape index (κ2) is 7.23. The van der Waals surface area contributed by atoms with Crippen molar-refractivity contribution < 1.29 is 9.59 Å². The summed E-state index contributed by atoms with van der Waals surface area (Å²) in [4.78, 5) is 21.8. The number of hydrogen-bond acceptors (Lipinski definition) is 3. The van der Waals surface area contributed by atoms with Crippen LogP contribution in [-0.4, -0.2) is 24.4 Å². The smallest absolute Gasteiger partial charge is 0.237 e. The maximum Gasteiger partial charge on any atom is 0.237 e. The lowest BCUT2D eigenvalue weighted by Crippen LogP contribution is -2.43. The predicted octanol–water partition coefficient (Wildman–Crippen LogP) is -0.258. The van der Waals surface area contributed by atoms with Gasteiger partial charge in [0.1, 0.15) is 0 Å². The van der Waals surface area contributed by atoms with E-state index in [-0.39, 0.29) is 12.3 Å². The first-order chi connectivity index (χ1) is 6.93. The summed E-state index contributed by atoms with van der Waals surface area (Å²) in [6.45, 7) is 4.85. The van der Waals surface area contributed by atoms with Gasteiger partial charge in [-0.1, -0.05) is 13.8 Å². The van der Waals surface area contributed by atoms with Crippen molar-refractivity contribution in [2.75, 3.05) is 6.54 Å². The third kappa shape index (κ3) is 7.93. The van der Waals surface area contributed by atoms with Crippen LogP contribution in [0.2, 0.25) is 0 Å². The molecule has 0 aromatic heterocycles. The Kier molecular flexibility index (Phi) is 6.70. The Morgan fingerprint density at radius 3 is 2.40 bits per heavy atom. The van der Waals surface area contributed by atoms with Gasteiger partial charge in [-0.25, -0.2) is 0 Å². The number of hydrogen-bond donors (Lipinski definition) is 3. The molecule has 2 amide bonds. The van der Waals surface area contributed by atoms with Gasteiger partial charge in [-0.2, -0.15) is 0 Å². The highest BCUT2D eigenvalue weighted by Crippen LogP contribution is 2.01. The first kappa shape index (κ1) is 13.9. The zero-order chi connectivity index (χ0) is 11.8. The topological polar surface area (TPSA) is 98.2 Å². The molecule has 5 N–H and O–H groups in total. The Morgan fingerprint density at radius 2 is 1.93 bits per heavy atom. The lowest BCUT2D eigenvalue weighted by Gasteiger charge is -2.10. The number of nitrogens with two attached hydrogens (primary N) is 2. The molecule has 0 aliphatic heterocycles. The average Bonchev–Trinajstić information content (AvgIpc) is 2.10. The Bertz CT molecular complexity index is 217. The second-order valence-corrected chi connectivity index (χ2v) is 4.10. The summed E-state index contributed by atoms with van der Waals surface area (Å²) in [5.41, 5.74) is 10.4. The Labute approximate surface area is 90.6 Å². The van der Waals surface area contributed by atoms with Crippen LogP contribution in [0.4, 0.5) is 0 Å². The standard InChI is InChI=1S/C10H21N3O2/c1-7(2)4-3-5-13-10(15)8(11)6-9(12)14/h7-8H,3-6,11H2,1-2H3,(H2,12,14)(H,13,15). The molecule has 0 saturated carbocycles. The van der Waals surface area contributed by atoms with Crippen molar-refractivity contribution in [3.05, 3.63) is 0 Å². The van der Waals surface area contributed by atoms with E-state index >= 15 is 0 Å². The van der Waals surface area contributed by atoms with Gasteiger partial charge in [0.2, 0.25) is 11.8 Å². The molecule has 5 heteroatoms. The molecular formula is C10H21N3O2. The molecular weight excluding hydrogens is 194 g/mol. The van der Waals surface area contributed by atoms with E-state index in [1.54, 1.807) is 0 Å². The van der Waals surface area contributed by atoms with E-state index in [9.17, 15) is 9.59 Å². The van der Waals surface area contributed by atoms with Gasteiger partial charge < -0.3 is 16.8 Å². The highest BCUT2D eigenvalue weighted by Gasteiger charge is 2.14. The first-order valence-electron chi connectivity index (χ1n) is 5.25. The summed E-state index contributed by atoms with van der Waals surface area (Å²) in [6.07, 6.45) is 1.88. The van der Waals surface area contributed by atoms with E-state index in [1.165, 1.54) is 0 Å². The maximum absolute atomic E-state index is 11.3. The minimum Gasteiger partial charge on any atom is -0.370 e. The monoisotopic (exact) mass is 215 g/mol. The van der Waals surface area contributed by atoms with E-state index in [1.807, 2.05) is 0 Å². The molecule has 5 nitrogen and oxygen atoms in total. The normalized spacial score (nSPS) is 12.5. The fourth-order valence-electron chi connectivity index (χ4n) is 1.16. The van der Waals surface area contributed by atoms with Gasteiger partial charge in [0, 0.05) is 6.54 Å². The maximum atomic E-state index is 11.3. The summed E-state index contributed by atoms with van der Waals surface area (Å²) in [5, 5.41) is 2.67. The fraction of sp³-hybridized carbons (Fsp3) is 0.800. The van der Waals surface area contributed by atoms with E-state index < -0.39 is 11.9 Å². The van der Waals surface area contributed by atoms with E-state index in [0.29, 0.717) is 12.5 Å². The zero-order valence-electron chi connectivity index (χ0n) is 9.45. The average molecular weight is 215 g/mol. The highest BCUT2D eigenvalue weighted by atomic mass is 16.2. The molecule has 0 heterocycles. The molecule has 0 bridgehead atoms. The molecule has 1 atom stereocenters. The van der Waals surface area contributed by atoms with Crippen LogP contribution in [0, 0.1) is 5.92 Å². The quantitative estimate of drug-likeness (QED) is 0.510. The number of nitrogens with one attached hydrogen (secondary N) is 1. The van der Waals surface area contributed by atoms with Crippen LogP contribution in [0.25, 0.3) is 0 Å². The predicted molar refractivity (Wildman–Crippen MR) is 58.9 cm³/mol. The van der Waals surface area contributed by atoms with Crippen molar-refractivity contribution in [3.8, 4) is 0 Å². The third-order valence-corrected chi connectivity index (χ3v) is 2.02. The van der Waals surface area contributed by atoms with Crippen molar-refractivity contribution in [2.24, 2.45) is 17.4 Å². The molecule has 0 aromatic carbocycles. The fourth-order valence-corrected chi connectivity index (χ4v) is 1.16. The van der Waals surface area contributed by atoms with E-state index in [4.69, 9.17) is 11.5 Å². The highest BCUT2D eigenvalue weighted by molar-refractivity contribution is 5.87. The van der Waals surface area contributed by atoms with Crippen molar-refractivity contribution in [3.63, 3.8) is 0 Å². The van der Waals surface area contributed by atoms with E-state index in [0.717, 1.165) is 12.8 Å². The summed E-state index contributed by atoms with van der Waals surface area (Å²) in [5.74, 6) is -0.237. The molecule has 88 valence electrons. The Balaban J connectivity index is 3.60. The largest absolute Gasteiger partial charge is 0.370 e. The number of amides is 2. The van der Waals surface area contributed by atoms with Gasteiger partial charge in [-0.15, -0.1) is 0 Å². The van der Waals surface area contributed by atoms with Crippen LogP contribution >= 0.6 is 0 Å². The van der Waals surface area contributed by atoms with Gasteiger partial charge in [0.15, 0.2) is 0 Å². The summed E-state index contributed by atoms with van der Waals surface area (Å²) in [6, 6.07) is -0.818. The zero-order valence-corrected chi connectivity index (χ0v) is 9.45. The number of primary amides is 1. The first-order valence-corrected chi connectivity index (χ1v) is 5.25. The number of carbonyl (C=O) groups excluding carboxylic acids is 2. The molecule has 15 heavy (non-hydrogen) atoms. The SMILES string of the molecule is CC(C)CCCNC(=O)C(N)CC(N)=O. The minimum absolute atomic E-state index is 0.101. The van der Waals surface area contributed by atoms with Crippen molar-refractivity contribution in [2.45, 2.75) is 39.2 Å². The Hall–Kier alpha value is -1.10.